The molecule has 1 fully saturated rings. The first-order valence-corrected chi connectivity index (χ1v) is 8.16. The minimum atomic E-state index is -0.214. The smallest absolute Gasteiger partial charge is 0.0764 e. The molecule has 5 unspecified atom stereocenters. The highest BCUT2D eigenvalue weighted by Gasteiger charge is 2.46. The van der Waals surface area contributed by atoms with Gasteiger partial charge < -0.3 is 14.9 Å². The SMILES string of the molecule is CC1OCC2=C1CCC(C1(C)CCC(O)CC1CO)C2. The Morgan fingerprint density at radius 2 is 2.15 bits per heavy atom. The van der Waals surface area contributed by atoms with Crippen LogP contribution >= 0.6 is 0 Å². The van der Waals surface area contributed by atoms with Gasteiger partial charge in [-0.15, -0.1) is 0 Å². The van der Waals surface area contributed by atoms with E-state index in [0.717, 1.165) is 38.7 Å². The van der Waals surface area contributed by atoms with E-state index in [-0.39, 0.29) is 24.0 Å². The third-order valence-electron chi connectivity index (χ3n) is 6.37. The molecule has 5 atom stereocenters. The lowest BCUT2D eigenvalue weighted by molar-refractivity contribution is -0.0453. The van der Waals surface area contributed by atoms with Crippen LogP contribution in [0.15, 0.2) is 11.1 Å². The van der Waals surface area contributed by atoms with Crippen molar-refractivity contribution in [2.75, 3.05) is 13.2 Å². The van der Waals surface area contributed by atoms with Crippen LogP contribution in [0.5, 0.6) is 0 Å². The zero-order chi connectivity index (χ0) is 14.3. The van der Waals surface area contributed by atoms with Crippen LogP contribution < -0.4 is 0 Å². The summed E-state index contributed by atoms with van der Waals surface area (Å²) >= 11 is 0. The fraction of sp³-hybridized carbons (Fsp3) is 0.882. The van der Waals surface area contributed by atoms with Crippen LogP contribution in [0.3, 0.4) is 0 Å². The maximum Gasteiger partial charge on any atom is 0.0764 e. The van der Waals surface area contributed by atoms with Crippen molar-refractivity contribution in [1.82, 2.24) is 0 Å². The van der Waals surface area contributed by atoms with Crippen LogP contribution in [0.4, 0.5) is 0 Å². The van der Waals surface area contributed by atoms with Gasteiger partial charge in [-0.2, -0.15) is 0 Å². The molecule has 0 saturated heterocycles. The molecule has 3 nitrogen and oxygen atoms in total. The molecule has 20 heavy (non-hydrogen) atoms. The van der Waals surface area contributed by atoms with Crippen LogP contribution in [0, 0.1) is 17.3 Å². The summed E-state index contributed by atoms with van der Waals surface area (Å²) in [4.78, 5) is 0. The summed E-state index contributed by atoms with van der Waals surface area (Å²) in [7, 11) is 0. The van der Waals surface area contributed by atoms with Crippen LogP contribution in [0.25, 0.3) is 0 Å². The highest BCUT2D eigenvalue weighted by molar-refractivity contribution is 5.26. The Bertz CT molecular complexity index is 403. The zero-order valence-corrected chi connectivity index (χ0v) is 12.8. The summed E-state index contributed by atoms with van der Waals surface area (Å²) in [5.74, 6) is 0.887. The maximum atomic E-state index is 9.89. The fourth-order valence-electron chi connectivity index (χ4n) is 4.79. The van der Waals surface area contributed by atoms with Gasteiger partial charge in [-0.1, -0.05) is 6.92 Å². The second-order valence-corrected chi connectivity index (χ2v) is 7.34. The van der Waals surface area contributed by atoms with Crippen molar-refractivity contribution in [3.63, 3.8) is 0 Å². The largest absolute Gasteiger partial charge is 0.396 e. The van der Waals surface area contributed by atoms with E-state index in [2.05, 4.69) is 13.8 Å². The monoisotopic (exact) mass is 280 g/mol. The first-order valence-electron chi connectivity index (χ1n) is 8.16. The molecule has 0 bridgehead atoms. The molecule has 1 heterocycles. The second-order valence-electron chi connectivity index (χ2n) is 7.34. The van der Waals surface area contributed by atoms with Gasteiger partial charge in [0.15, 0.2) is 0 Å². The minimum absolute atomic E-state index is 0.179. The second kappa shape index (κ2) is 5.43. The lowest BCUT2D eigenvalue weighted by atomic mass is 9.57. The highest BCUT2D eigenvalue weighted by Crippen LogP contribution is 2.53. The van der Waals surface area contributed by atoms with E-state index in [1.807, 2.05) is 0 Å². The van der Waals surface area contributed by atoms with E-state index in [9.17, 15) is 10.2 Å². The summed E-state index contributed by atoms with van der Waals surface area (Å²) in [6, 6.07) is 0. The molecule has 2 aliphatic carbocycles. The van der Waals surface area contributed by atoms with Crippen molar-refractivity contribution >= 4 is 0 Å². The molecule has 114 valence electrons. The average molecular weight is 280 g/mol. The summed E-state index contributed by atoms with van der Waals surface area (Å²) in [6.07, 6.45) is 6.33. The quantitative estimate of drug-likeness (QED) is 0.765. The van der Waals surface area contributed by atoms with Crippen LogP contribution in [0.2, 0.25) is 0 Å². The van der Waals surface area contributed by atoms with Crippen molar-refractivity contribution < 1.29 is 14.9 Å². The Balaban J connectivity index is 1.77. The van der Waals surface area contributed by atoms with Gasteiger partial charge in [0.2, 0.25) is 0 Å². The molecule has 0 spiro atoms. The molecule has 0 aromatic heterocycles. The Morgan fingerprint density at radius 3 is 2.90 bits per heavy atom. The predicted octanol–water partition coefficient (Wildman–Crippen LogP) is 2.66. The molecule has 3 rings (SSSR count). The molecule has 0 amide bonds. The van der Waals surface area contributed by atoms with Gasteiger partial charge in [0.1, 0.15) is 0 Å². The number of aliphatic hydroxyl groups excluding tert-OH is 2. The summed E-state index contributed by atoms with van der Waals surface area (Å²) in [5, 5.41) is 19.6. The Labute approximate surface area is 122 Å². The van der Waals surface area contributed by atoms with Gasteiger partial charge >= 0.3 is 0 Å². The van der Waals surface area contributed by atoms with Crippen molar-refractivity contribution in [1.29, 1.82) is 0 Å². The molecule has 0 aromatic carbocycles. The Hall–Kier alpha value is -0.380. The number of hydrogen-bond donors (Lipinski definition) is 2. The predicted molar refractivity (Wildman–Crippen MR) is 78.3 cm³/mol. The summed E-state index contributed by atoms with van der Waals surface area (Å²) in [5.41, 5.74) is 3.25. The van der Waals surface area contributed by atoms with Crippen molar-refractivity contribution in [3.05, 3.63) is 11.1 Å². The van der Waals surface area contributed by atoms with Crippen LogP contribution in [-0.4, -0.2) is 35.6 Å². The lowest BCUT2D eigenvalue weighted by Gasteiger charge is -2.49. The van der Waals surface area contributed by atoms with Gasteiger partial charge in [0.05, 0.1) is 18.8 Å². The van der Waals surface area contributed by atoms with E-state index < -0.39 is 0 Å². The molecular formula is C17H28O3. The third kappa shape index (κ3) is 2.34. The molecule has 1 saturated carbocycles. The van der Waals surface area contributed by atoms with Gasteiger partial charge in [-0.25, -0.2) is 0 Å². The topological polar surface area (TPSA) is 49.7 Å². The molecule has 1 aliphatic heterocycles. The van der Waals surface area contributed by atoms with Crippen LogP contribution in [-0.2, 0) is 4.74 Å². The summed E-state index contributed by atoms with van der Waals surface area (Å²) < 4.78 is 5.78. The normalized spacial score (nSPS) is 45.6. The van der Waals surface area contributed by atoms with E-state index in [4.69, 9.17) is 4.74 Å². The highest BCUT2D eigenvalue weighted by atomic mass is 16.5. The molecule has 0 aromatic rings. The van der Waals surface area contributed by atoms with E-state index in [0.29, 0.717) is 12.0 Å². The zero-order valence-electron chi connectivity index (χ0n) is 12.8. The Morgan fingerprint density at radius 1 is 1.35 bits per heavy atom. The van der Waals surface area contributed by atoms with E-state index >= 15 is 0 Å². The van der Waals surface area contributed by atoms with Gasteiger partial charge in [0.25, 0.3) is 0 Å². The molecule has 3 heteroatoms. The number of rotatable bonds is 2. The molecule has 3 aliphatic rings. The lowest BCUT2D eigenvalue weighted by Crippen LogP contribution is -2.44. The first-order chi connectivity index (χ1) is 9.54. The number of ether oxygens (including phenoxy) is 1. The molecular weight excluding hydrogens is 252 g/mol. The van der Waals surface area contributed by atoms with E-state index in [1.54, 1.807) is 5.57 Å². The summed E-state index contributed by atoms with van der Waals surface area (Å²) in [6.45, 7) is 5.53. The van der Waals surface area contributed by atoms with Crippen molar-refractivity contribution in [2.45, 2.75) is 64.6 Å². The van der Waals surface area contributed by atoms with Gasteiger partial charge in [-0.05, 0) is 73.8 Å². The van der Waals surface area contributed by atoms with Crippen LogP contribution in [0.1, 0.15) is 52.4 Å². The first kappa shape index (κ1) is 14.6. The maximum absolute atomic E-state index is 9.89. The average Bonchev–Trinajstić information content (AvgIpc) is 2.83. The Kier molecular flexibility index (Phi) is 3.95. The van der Waals surface area contributed by atoms with Gasteiger partial charge in [-0.3, -0.25) is 0 Å². The number of aliphatic hydroxyl groups is 2. The number of hydrogen-bond acceptors (Lipinski definition) is 3. The van der Waals surface area contributed by atoms with Crippen molar-refractivity contribution in [3.8, 4) is 0 Å². The van der Waals surface area contributed by atoms with E-state index in [1.165, 1.54) is 12.0 Å². The van der Waals surface area contributed by atoms with Crippen molar-refractivity contribution in [2.24, 2.45) is 17.3 Å². The minimum Gasteiger partial charge on any atom is -0.396 e. The molecule has 0 radical (unpaired) electrons. The standard InChI is InChI=1S/C17H28O3/c1-11-16-4-3-13(7-12(16)10-20-11)17(2)6-5-15(19)8-14(17)9-18/h11,13-15,18-19H,3-10H2,1-2H3. The molecule has 2 N–H and O–H groups in total. The third-order valence-corrected chi connectivity index (χ3v) is 6.37. The van der Waals surface area contributed by atoms with Gasteiger partial charge in [0, 0.05) is 6.61 Å². The fourth-order valence-corrected chi connectivity index (χ4v) is 4.79.